The summed E-state index contributed by atoms with van der Waals surface area (Å²) in [4.78, 5) is 1.26. The predicted molar refractivity (Wildman–Crippen MR) is 87.7 cm³/mol. The van der Waals surface area contributed by atoms with Crippen molar-refractivity contribution >= 4 is 11.8 Å². The number of phenolic OH excluding ortho intramolecular Hbond substituents is 1. The van der Waals surface area contributed by atoms with Gasteiger partial charge in [0.1, 0.15) is 5.75 Å². The highest BCUT2D eigenvalue weighted by atomic mass is 32.2. The lowest BCUT2D eigenvalue weighted by atomic mass is 10.0. The van der Waals surface area contributed by atoms with Gasteiger partial charge in [0.15, 0.2) is 0 Å². The topological polar surface area (TPSA) is 52.5 Å². The minimum Gasteiger partial charge on any atom is -0.508 e. The maximum absolute atomic E-state index is 10.2. The van der Waals surface area contributed by atoms with Gasteiger partial charge in [0.05, 0.1) is 6.10 Å². The van der Waals surface area contributed by atoms with Crippen molar-refractivity contribution in [1.29, 1.82) is 0 Å². The molecule has 0 aliphatic carbocycles. The first-order valence-corrected chi connectivity index (χ1v) is 8.03. The Morgan fingerprint density at radius 2 is 1.71 bits per heavy atom. The Morgan fingerprint density at radius 1 is 1.05 bits per heavy atom. The number of hydrogen-bond acceptors (Lipinski definition) is 4. The van der Waals surface area contributed by atoms with E-state index in [0.29, 0.717) is 0 Å². The number of nitrogens with one attached hydrogen (secondary N) is 1. The summed E-state index contributed by atoms with van der Waals surface area (Å²) in [5.74, 6) is 1.17. The molecule has 0 aromatic heterocycles. The molecule has 2 aromatic carbocycles. The van der Waals surface area contributed by atoms with Crippen molar-refractivity contribution < 1.29 is 10.2 Å². The van der Waals surface area contributed by atoms with Crippen LogP contribution in [0.15, 0.2) is 59.5 Å². The summed E-state index contributed by atoms with van der Waals surface area (Å²) in [5.41, 5.74) is 0.809. The van der Waals surface area contributed by atoms with E-state index in [1.165, 1.54) is 4.90 Å². The fraction of sp³-hybridized carbons (Fsp3) is 0.294. The molecule has 2 atom stereocenters. The third kappa shape index (κ3) is 5.08. The quantitative estimate of drug-likeness (QED) is 0.543. The van der Waals surface area contributed by atoms with Crippen LogP contribution in [0, 0.1) is 0 Å². The lowest BCUT2D eigenvalue weighted by molar-refractivity contribution is 0.137. The zero-order chi connectivity index (χ0) is 15.1. The summed E-state index contributed by atoms with van der Waals surface area (Å²) in [6.45, 7) is 2.79. The molecule has 0 saturated heterocycles. The van der Waals surface area contributed by atoms with Crippen molar-refractivity contribution in [3.63, 3.8) is 0 Å². The number of benzene rings is 2. The molecule has 2 rings (SSSR count). The maximum atomic E-state index is 10.2. The van der Waals surface area contributed by atoms with E-state index in [1.54, 1.807) is 36.0 Å². The fourth-order valence-corrected chi connectivity index (χ4v) is 2.85. The van der Waals surface area contributed by atoms with Gasteiger partial charge in [0, 0.05) is 23.2 Å². The third-order valence-electron chi connectivity index (χ3n) is 3.29. The Kier molecular flexibility index (Phi) is 6.11. The number of phenols is 1. The molecule has 2 aromatic rings. The van der Waals surface area contributed by atoms with E-state index in [2.05, 4.69) is 17.4 Å². The smallest absolute Gasteiger partial charge is 0.115 e. The molecule has 0 fully saturated rings. The van der Waals surface area contributed by atoms with E-state index < -0.39 is 6.10 Å². The molecule has 0 heterocycles. The molecule has 0 saturated carbocycles. The van der Waals surface area contributed by atoms with Gasteiger partial charge in [-0.3, -0.25) is 0 Å². The highest BCUT2D eigenvalue weighted by molar-refractivity contribution is 7.99. The number of thioether (sulfide) groups is 1. The van der Waals surface area contributed by atoms with Crippen LogP contribution < -0.4 is 5.32 Å². The van der Waals surface area contributed by atoms with E-state index in [0.717, 1.165) is 17.9 Å². The zero-order valence-electron chi connectivity index (χ0n) is 12.1. The standard InChI is InChI=1S/C17H21NO2S/c1-13(17(20)14-7-9-15(19)10-8-14)18-11-12-21-16-5-3-2-4-6-16/h2-10,13,17-20H,11-12H2,1H3. The van der Waals surface area contributed by atoms with Gasteiger partial charge in [0.2, 0.25) is 0 Å². The first-order chi connectivity index (χ1) is 10.2. The van der Waals surface area contributed by atoms with Gasteiger partial charge < -0.3 is 15.5 Å². The summed E-state index contributed by atoms with van der Waals surface area (Å²) in [6.07, 6.45) is -0.577. The van der Waals surface area contributed by atoms with Crippen molar-refractivity contribution in [1.82, 2.24) is 5.32 Å². The first kappa shape index (κ1) is 15.9. The summed E-state index contributed by atoms with van der Waals surface area (Å²) in [5, 5.41) is 22.8. The maximum Gasteiger partial charge on any atom is 0.115 e. The minimum absolute atomic E-state index is 0.0362. The van der Waals surface area contributed by atoms with Crippen LogP contribution >= 0.6 is 11.8 Å². The van der Waals surface area contributed by atoms with Crippen LogP contribution in [-0.2, 0) is 0 Å². The Bertz CT molecular complexity index is 530. The van der Waals surface area contributed by atoms with E-state index >= 15 is 0 Å². The van der Waals surface area contributed by atoms with Crippen molar-refractivity contribution in [3.8, 4) is 5.75 Å². The van der Waals surface area contributed by atoms with E-state index in [9.17, 15) is 10.2 Å². The summed E-state index contributed by atoms with van der Waals surface area (Å²) < 4.78 is 0. The second-order valence-electron chi connectivity index (χ2n) is 4.94. The molecule has 4 heteroatoms. The SMILES string of the molecule is CC(NCCSc1ccccc1)C(O)c1ccc(O)cc1. The van der Waals surface area contributed by atoms with Crippen LogP contribution in [0.2, 0.25) is 0 Å². The molecule has 0 aliphatic heterocycles. The second kappa shape index (κ2) is 8.08. The second-order valence-corrected chi connectivity index (χ2v) is 6.11. The van der Waals surface area contributed by atoms with Crippen LogP contribution in [0.4, 0.5) is 0 Å². The Morgan fingerprint density at radius 3 is 2.38 bits per heavy atom. The number of rotatable bonds is 7. The van der Waals surface area contributed by atoms with E-state index in [-0.39, 0.29) is 11.8 Å². The van der Waals surface area contributed by atoms with Gasteiger partial charge in [-0.1, -0.05) is 30.3 Å². The van der Waals surface area contributed by atoms with Gasteiger partial charge in [-0.15, -0.1) is 11.8 Å². The van der Waals surface area contributed by atoms with Gasteiger partial charge >= 0.3 is 0 Å². The Balaban J connectivity index is 1.74. The van der Waals surface area contributed by atoms with Gasteiger partial charge in [-0.2, -0.15) is 0 Å². The van der Waals surface area contributed by atoms with Gasteiger partial charge in [0.25, 0.3) is 0 Å². The van der Waals surface area contributed by atoms with Crippen molar-refractivity contribution in [2.45, 2.75) is 24.0 Å². The summed E-state index contributed by atoms with van der Waals surface area (Å²) in [7, 11) is 0. The minimum atomic E-state index is -0.577. The molecule has 2 unspecified atom stereocenters. The monoisotopic (exact) mass is 303 g/mol. The molecular formula is C17H21NO2S. The van der Waals surface area contributed by atoms with Crippen LogP contribution in [0.25, 0.3) is 0 Å². The molecule has 0 radical (unpaired) electrons. The summed E-state index contributed by atoms with van der Waals surface area (Å²) >= 11 is 1.79. The highest BCUT2D eigenvalue weighted by Crippen LogP contribution is 2.20. The average Bonchev–Trinajstić information content (AvgIpc) is 2.52. The summed E-state index contributed by atoms with van der Waals surface area (Å²) in [6, 6.07) is 16.9. The van der Waals surface area contributed by atoms with Crippen LogP contribution in [-0.4, -0.2) is 28.6 Å². The largest absolute Gasteiger partial charge is 0.508 e. The molecule has 0 aliphatic rings. The van der Waals surface area contributed by atoms with Crippen molar-refractivity contribution in [3.05, 3.63) is 60.2 Å². The number of aliphatic hydroxyl groups is 1. The third-order valence-corrected chi connectivity index (χ3v) is 4.30. The molecule has 21 heavy (non-hydrogen) atoms. The molecule has 0 spiro atoms. The van der Waals surface area contributed by atoms with Crippen LogP contribution in [0.3, 0.4) is 0 Å². The van der Waals surface area contributed by atoms with Gasteiger partial charge in [-0.05, 0) is 36.8 Å². The fourth-order valence-electron chi connectivity index (χ4n) is 2.04. The highest BCUT2D eigenvalue weighted by Gasteiger charge is 2.15. The van der Waals surface area contributed by atoms with Crippen LogP contribution in [0.1, 0.15) is 18.6 Å². The zero-order valence-corrected chi connectivity index (χ0v) is 12.9. The molecule has 112 valence electrons. The molecule has 0 amide bonds. The molecule has 0 bridgehead atoms. The molecular weight excluding hydrogens is 282 g/mol. The van der Waals surface area contributed by atoms with E-state index in [1.807, 2.05) is 25.1 Å². The van der Waals surface area contributed by atoms with E-state index in [4.69, 9.17) is 0 Å². The number of aromatic hydroxyl groups is 1. The Labute approximate surface area is 130 Å². The normalized spacial score (nSPS) is 13.8. The van der Waals surface area contributed by atoms with Crippen molar-refractivity contribution in [2.75, 3.05) is 12.3 Å². The lowest BCUT2D eigenvalue weighted by Gasteiger charge is -2.20. The molecule has 3 N–H and O–H groups in total. The Hall–Kier alpha value is -1.49. The lowest BCUT2D eigenvalue weighted by Crippen LogP contribution is -2.33. The first-order valence-electron chi connectivity index (χ1n) is 7.05. The van der Waals surface area contributed by atoms with Crippen molar-refractivity contribution in [2.24, 2.45) is 0 Å². The molecule has 3 nitrogen and oxygen atoms in total. The number of hydrogen-bond donors (Lipinski definition) is 3. The van der Waals surface area contributed by atoms with Crippen LogP contribution in [0.5, 0.6) is 5.75 Å². The van der Waals surface area contributed by atoms with Gasteiger partial charge in [-0.25, -0.2) is 0 Å². The predicted octanol–water partition coefficient (Wildman–Crippen LogP) is 3.20. The average molecular weight is 303 g/mol. The number of aliphatic hydroxyl groups excluding tert-OH is 1.